The molecule has 2 amide bonds. The highest BCUT2D eigenvalue weighted by atomic mass is 79.9. The van der Waals surface area contributed by atoms with Crippen molar-refractivity contribution in [1.82, 2.24) is 20.4 Å². The maximum absolute atomic E-state index is 12.0. The molecule has 0 radical (unpaired) electrons. The summed E-state index contributed by atoms with van der Waals surface area (Å²) >= 11 is 8.26. The first-order valence-corrected chi connectivity index (χ1v) is 11.9. The predicted octanol–water partition coefficient (Wildman–Crippen LogP) is 3.20. The summed E-state index contributed by atoms with van der Waals surface area (Å²) in [6, 6.07) is 7.31. The van der Waals surface area contributed by atoms with Crippen molar-refractivity contribution in [2.75, 3.05) is 27.9 Å². The molecular weight excluding hydrogens is 506 g/mol. The fourth-order valence-corrected chi connectivity index (χ4v) is 5.01. The van der Waals surface area contributed by atoms with Crippen LogP contribution in [0.1, 0.15) is 0 Å². The molecule has 28 heavy (non-hydrogen) atoms. The molecule has 3 rings (SSSR count). The number of carbonyl (C=O) groups is 2. The molecule has 0 atom stereocenters. The maximum atomic E-state index is 12.0. The van der Waals surface area contributed by atoms with Crippen LogP contribution >= 0.6 is 62.1 Å². The average Bonchev–Trinajstić information content (AvgIpc) is 3.29. The van der Waals surface area contributed by atoms with Gasteiger partial charge in [0.15, 0.2) is 8.68 Å². The van der Waals surface area contributed by atoms with Crippen molar-refractivity contribution in [1.29, 1.82) is 0 Å². The Hall–Kier alpha value is -1.74. The number of benzene rings is 1. The molecule has 146 valence electrons. The predicted molar refractivity (Wildman–Crippen MR) is 117 cm³/mol. The molecule has 14 heteroatoms. The Labute approximate surface area is 184 Å². The number of carbonyl (C=O) groups excluding carboxylic acids is 2. The Morgan fingerprint density at radius 2 is 1.54 bits per heavy atom. The summed E-state index contributed by atoms with van der Waals surface area (Å²) in [5.74, 6) is -0.0421. The van der Waals surface area contributed by atoms with Crippen LogP contribution in [-0.2, 0) is 9.59 Å². The number of anilines is 3. The van der Waals surface area contributed by atoms with Crippen LogP contribution in [0.5, 0.6) is 0 Å². The summed E-state index contributed by atoms with van der Waals surface area (Å²) in [6.45, 7) is 0. The highest BCUT2D eigenvalue weighted by Crippen LogP contribution is 2.27. The number of hydrogen-bond acceptors (Lipinski definition) is 11. The number of rotatable bonds is 8. The number of nitrogen functional groups attached to an aromatic ring is 1. The van der Waals surface area contributed by atoms with E-state index in [4.69, 9.17) is 5.73 Å². The van der Waals surface area contributed by atoms with Crippen molar-refractivity contribution in [3.63, 3.8) is 0 Å². The van der Waals surface area contributed by atoms with E-state index in [1.807, 2.05) is 12.1 Å². The minimum absolute atomic E-state index is 0.152. The highest BCUT2D eigenvalue weighted by molar-refractivity contribution is 9.10. The topological polar surface area (TPSA) is 136 Å². The van der Waals surface area contributed by atoms with Gasteiger partial charge in [0.1, 0.15) is 0 Å². The fourth-order valence-electron chi connectivity index (χ4n) is 1.74. The van der Waals surface area contributed by atoms with Gasteiger partial charge in [0.2, 0.25) is 22.1 Å². The molecule has 2 aromatic heterocycles. The van der Waals surface area contributed by atoms with Crippen LogP contribution in [0.4, 0.5) is 16.0 Å². The number of hydrogen-bond donors (Lipinski definition) is 3. The standard InChI is InChI=1S/C14H12BrN7O2S4/c15-7-1-3-8(4-2-7)17-9(23)5-26-14-22-20-12(28-14)18-10(24)6-25-13-21-19-11(16)27-13/h1-4H,5-6H2,(H2,16,19)(H,17,23)(H,18,20,24). The molecule has 0 bridgehead atoms. The van der Waals surface area contributed by atoms with Crippen LogP contribution < -0.4 is 16.4 Å². The van der Waals surface area contributed by atoms with Gasteiger partial charge in [0, 0.05) is 10.2 Å². The zero-order valence-electron chi connectivity index (χ0n) is 13.9. The van der Waals surface area contributed by atoms with Crippen molar-refractivity contribution in [3.8, 4) is 0 Å². The summed E-state index contributed by atoms with van der Waals surface area (Å²) in [5.41, 5.74) is 6.21. The van der Waals surface area contributed by atoms with Crippen molar-refractivity contribution in [2.24, 2.45) is 0 Å². The lowest BCUT2D eigenvalue weighted by Crippen LogP contribution is -2.13. The third-order valence-corrected chi connectivity index (χ3v) is 7.24. The quantitative estimate of drug-likeness (QED) is 0.303. The first-order chi connectivity index (χ1) is 13.5. The van der Waals surface area contributed by atoms with Crippen LogP contribution in [0.25, 0.3) is 0 Å². The minimum Gasteiger partial charge on any atom is -0.374 e. The second-order valence-electron chi connectivity index (χ2n) is 4.96. The average molecular weight is 518 g/mol. The van der Waals surface area contributed by atoms with E-state index < -0.39 is 0 Å². The first-order valence-electron chi connectivity index (χ1n) is 7.51. The summed E-state index contributed by atoms with van der Waals surface area (Å²) in [6.07, 6.45) is 0. The lowest BCUT2D eigenvalue weighted by molar-refractivity contribution is -0.114. The molecule has 3 aromatic rings. The molecule has 2 heterocycles. The maximum Gasteiger partial charge on any atom is 0.236 e. The Kier molecular flexibility index (Phi) is 7.61. The molecule has 0 saturated heterocycles. The molecule has 0 aliphatic heterocycles. The zero-order chi connectivity index (χ0) is 19.9. The second kappa shape index (κ2) is 10.2. The van der Waals surface area contributed by atoms with E-state index in [1.54, 1.807) is 12.1 Å². The summed E-state index contributed by atoms with van der Waals surface area (Å²) < 4.78 is 2.15. The number of thioether (sulfide) groups is 2. The number of nitrogens with two attached hydrogens (primary N) is 1. The Balaban J connectivity index is 1.41. The second-order valence-corrected chi connectivity index (χ2v) is 10.3. The first kappa shape index (κ1) is 21.0. The monoisotopic (exact) mass is 517 g/mol. The lowest BCUT2D eigenvalue weighted by atomic mass is 10.3. The molecule has 4 N–H and O–H groups in total. The largest absolute Gasteiger partial charge is 0.374 e. The smallest absolute Gasteiger partial charge is 0.236 e. The van der Waals surface area contributed by atoms with E-state index in [9.17, 15) is 9.59 Å². The van der Waals surface area contributed by atoms with Gasteiger partial charge in [-0.25, -0.2) is 0 Å². The van der Waals surface area contributed by atoms with Crippen molar-refractivity contribution < 1.29 is 9.59 Å². The van der Waals surface area contributed by atoms with Crippen LogP contribution in [0, 0.1) is 0 Å². The summed E-state index contributed by atoms with van der Waals surface area (Å²) in [7, 11) is 0. The van der Waals surface area contributed by atoms with Gasteiger partial charge in [-0.15, -0.1) is 20.4 Å². The SMILES string of the molecule is Nc1nnc(SCC(=O)Nc2nnc(SCC(=O)Nc3ccc(Br)cc3)s2)s1. The van der Waals surface area contributed by atoms with Gasteiger partial charge < -0.3 is 11.1 Å². The summed E-state index contributed by atoms with van der Waals surface area (Å²) in [4.78, 5) is 24.0. The Bertz CT molecular complexity index is 963. The molecule has 0 saturated carbocycles. The Morgan fingerprint density at radius 1 is 0.929 bits per heavy atom. The van der Waals surface area contributed by atoms with Crippen LogP contribution in [0.2, 0.25) is 0 Å². The number of amides is 2. The van der Waals surface area contributed by atoms with Gasteiger partial charge in [-0.1, -0.05) is 62.1 Å². The summed E-state index contributed by atoms with van der Waals surface area (Å²) in [5, 5.41) is 21.6. The van der Waals surface area contributed by atoms with Crippen molar-refractivity contribution in [2.45, 2.75) is 8.68 Å². The van der Waals surface area contributed by atoms with Crippen LogP contribution in [0.3, 0.4) is 0 Å². The Morgan fingerprint density at radius 3 is 2.18 bits per heavy atom. The third-order valence-electron chi connectivity index (χ3n) is 2.86. The molecule has 0 spiro atoms. The lowest BCUT2D eigenvalue weighted by Gasteiger charge is -2.03. The van der Waals surface area contributed by atoms with Crippen LogP contribution in [-0.4, -0.2) is 43.7 Å². The van der Waals surface area contributed by atoms with Gasteiger partial charge in [-0.2, -0.15) is 0 Å². The van der Waals surface area contributed by atoms with Crippen LogP contribution in [0.15, 0.2) is 37.4 Å². The fraction of sp³-hybridized carbons (Fsp3) is 0.143. The van der Waals surface area contributed by atoms with Gasteiger partial charge in [0.25, 0.3) is 0 Å². The number of nitrogens with zero attached hydrogens (tertiary/aromatic N) is 4. The number of nitrogens with one attached hydrogen (secondary N) is 2. The van der Waals surface area contributed by atoms with Gasteiger partial charge in [0.05, 0.1) is 11.5 Å². The molecule has 0 fully saturated rings. The minimum atomic E-state index is -0.237. The molecule has 1 aromatic carbocycles. The van der Waals surface area contributed by atoms with Crippen molar-refractivity contribution in [3.05, 3.63) is 28.7 Å². The van der Waals surface area contributed by atoms with Gasteiger partial charge >= 0.3 is 0 Å². The highest BCUT2D eigenvalue weighted by Gasteiger charge is 2.12. The molecule has 0 unspecified atom stereocenters. The van der Waals surface area contributed by atoms with E-state index >= 15 is 0 Å². The number of halogens is 1. The normalized spacial score (nSPS) is 10.6. The van der Waals surface area contributed by atoms with E-state index in [2.05, 4.69) is 47.0 Å². The molecule has 0 aliphatic rings. The molecule has 9 nitrogen and oxygen atoms in total. The molecule has 0 aliphatic carbocycles. The van der Waals surface area contributed by atoms with E-state index in [-0.39, 0.29) is 23.3 Å². The molecular formula is C14H12BrN7O2S4. The van der Waals surface area contributed by atoms with Gasteiger partial charge in [-0.3, -0.25) is 14.9 Å². The van der Waals surface area contributed by atoms with E-state index in [1.165, 1.54) is 46.2 Å². The number of aromatic nitrogens is 4. The van der Waals surface area contributed by atoms with E-state index in [0.29, 0.717) is 24.6 Å². The van der Waals surface area contributed by atoms with E-state index in [0.717, 1.165) is 4.47 Å². The van der Waals surface area contributed by atoms with Crippen molar-refractivity contribution >= 4 is 89.9 Å². The zero-order valence-corrected chi connectivity index (χ0v) is 18.8. The van der Waals surface area contributed by atoms with Gasteiger partial charge in [-0.05, 0) is 24.3 Å². The third kappa shape index (κ3) is 6.70.